The number of carbonyl (C=O) groups is 1. The summed E-state index contributed by atoms with van der Waals surface area (Å²) in [5.74, 6) is 1.93. The van der Waals surface area contributed by atoms with Crippen LogP contribution in [0.2, 0.25) is 0 Å². The van der Waals surface area contributed by atoms with Crippen molar-refractivity contribution in [2.24, 2.45) is 5.92 Å². The fourth-order valence-electron chi connectivity index (χ4n) is 4.05. The van der Waals surface area contributed by atoms with Crippen LogP contribution in [0.3, 0.4) is 0 Å². The average Bonchev–Trinajstić information content (AvgIpc) is 3.33. The normalized spacial score (nSPS) is 23.2. The summed E-state index contributed by atoms with van der Waals surface area (Å²) < 4.78 is 2.15. The molecular formula is C19H27N5O2S. The van der Waals surface area contributed by atoms with Gasteiger partial charge in [0.05, 0.1) is 18.7 Å². The Labute approximate surface area is 163 Å². The first-order valence-corrected chi connectivity index (χ1v) is 10.5. The lowest BCUT2D eigenvalue weighted by Crippen LogP contribution is -2.41. The van der Waals surface area contributed by atoms with E-state index in [1.165, 1.54) is 10.4 Å². The molecule has 146 valence electrons. The molecule has 1 amide bonds. The van der Waals surface area contributed by atoms with Crippen molar-refractivity contribution in [3.63, 3.8) is 0 Å². The summed E-state index contributed by atoms with van der Waals surface area (Å²) in [6, 6.07) is 2.20. The monoisotopic (exact) mass is 389 g/mol. The highest BCUT2D eigenvalue weighted by Gasteiger charge is 2.37. The molecule has 0 unspecified atom stereocenters. The Morgan fingerprint density at radius 1 is 1.37 bits per heavy atom. The van der Waals surface area contributed by atoms with Crippen molar-refractivity contribution in [1.82, 2.24) is 24.6 Å². The molecule has 7 nitrogen and oxygen atoms in total. The van der Waals surface area contributed by atoms with Gasteiger partial charge in [-0.1, -0.05) is 13.8 Å². The van der Waals surface area contributed by atoms with E-state index in [4.69, 9.17) is 0 Å². The second-order valence-corrected chi connectivity index (χ2v) is 8.90. The molecule has 0 aromatic carbocycles. The molecular weight excluding hydrogens is 362 g/mol. The molecule has 1 fully saturated rings. The Bertz CT molecular complexity index is 830. The lowest BCUT2D eigenvalue weighted by atomic mass is 10.1. The largest absolute Gasteiger partial charge is 0.392 e. The van der Waals surface area contributed by atoms with Gasteiger partial charge >= 0.3 is 0 Å². The highest BCUT2D eigenvalue weighted by molar-refractivity contribution is 7.10. The summed E-state index contributed by atoms with van der Waals surface area (Å²) in [4.78, 5) is 17.8. The fourth-order valence-corrected chi connectivity index (χ4v) is 4.98. The van der Waals surface area contributed by atoms with Crippen molar-refractivity contribution in [3.8, 4) is 0 Å². The van der Waals surface area contributed by atoms with Crippen molar-refractivity contribution < 1.29 is 9.90 Å². The van der Waals surface area contributed by atoms with Gasteiger partial charge in [0.25, 0.3) is 0 Å². The summed E-state index contributed by atoms with van der Waals surface area (Å²) in [6.45, 7) is 9.39. The molecule has 0 saturated carbocycles. The Hall–Kier alpha value is -1.77. The Kier molecular flexibility index (Phi) is 5.05. The van der Waals surface area contributed by atoms with Gasteiger partial charge in [-0.2, -0.15) is 0 Å². The van der Waals surface area contributed by atoms with Crippen LogP contribution in [0.4, 0.5) is 0 Å². The van der Waals surface area contributed by atoms with Crippen LogP contribution in [-0.4, -0.2) is 54.8 Å². The minimum Gasteiger partial charge on any atom is -0.392 e. The van der Waals surface area contributed by atoms with Crippen LogP contribution in [0.5, 0.6) is 0 Å². The van der Waals surface area contributed by atoms with Gasteiger partial charge < -0.3 is 14.6 Å². The molecule has 4 rings (SSSR count). The first kappa shape index (κ1) is 18.6. The number of carbonyl (C=O) groups excluding carboxylic acids is 1. The van der Waals surface area contributed by atoms with Gasteiger partial charge in [0.2, 0.25) is 5.91 Å². The van der Waals surface area contributed by atoms with Gasteiger partial charge in [0.15, 0.2) is 11.6 Å². The molecule has 2 aromatic heterocycles. The summed E-state index contributed by atoms with van der Waals surface area (Å²) in [5, 5.41) is 21.3. The molecule has 2 aliphatic heterocycles. The summed E-state index contributed by atoms with van der Waals surface area (Å²) in [6.07, 6.45) is 0.336. The maximum absolute atomic E-state index is 12.3. The Morgan fingerprint density at radius 3 is 2.89 bits per heavy atom. The molecule has 1 N–H and O–H groups in total. The zero-order valence-electron chi connectivity index (χ0n) is 16.1. The van der Waals surface area contributed by atoms with Gasteiger partial charge in [-0.3, -0.25) is 9.69 Å². The van der Waals surface area contributed by atoms with E-state index >= 15 is 0 Å². The van der Waals surface area contributed by atoms with Crippen molar-refractivity contribution in [3.05, 3.63) is 33.5 Å². The van der Waals surface area contributed by atoms with Gasteiger partial charge in [0, 0.05) is 37.0 Å². The van der Waals surface area contributed by atoms with Crippen molar-refractivity contribution in [2.75, 3.05) is 13.1 Å². The fraction of sp³-hybridized carbons (Fsp3) is 0.632. The zero-order chi connectivity index (χ0) is 19.1. The lowest BCUT2D eigenvalue weighted by Gasteiger charge is -2.30. The minimum absolute atomic E-state index is 0.00607. The summed E-state index contributed by atoms with van der Waals surface area (Å²) in [7, 11) is 0. The van der Waals surface area contributed by atoms with E-state index in [0.717, 1.165) is 18.2 Å². The molecule has 4 heterocycles. The molecule has 0 radical (unpaired) electrons. The predicted molar refractivity (Wildman–Crippen MR) is 103 cm³/mol. The molecule has 0 aliphatic carbocycles. The van der Waals surface area contributed by atoms with Crippen LogP contribution in [0.25, 0.3) is 0 Å². The second-order valence-electron chi connectivity index (χ2n) is 7.90. The number of likely N-dealkylation sites (tertiary alicyclic amines) is 1. The van der Waals surface area contributed by atoms with E-state index in [-0.39, 0.29) is 24.0 Å². The van der Waals surface area contributed by atoms with Crippen molar-refractivity contribution in [2.45, 2.75) is 59.0 Å². The van der Waals surface area contributed by atoms with Gasteiger partial charge in [0.1, 0.15) is 0 Å². The molecule has 2 atom stereocenters. The third kappa shape index (κ3) is 3.53. The molecule has 2 aromatic rings. The standard InChI is InChI=1S/C19H27N5O2S/c1-12(2)19(26)22-5-6-24-17(11-22)20-21-18(24)15-8-14(25)9-23(15)10-16-13(3)4-7-27-16/h4,7,12,14-15,25H,5-6,8-11H2,1-3H3/t14-,15-/m0/s1. The van der Waals surface area contributed by atoms with E-state index in [9.17, 15) is 9.90 Å². The molecule has 0 spiro atoms. The predicted octanol–water partition coefficient (Wildman–Crippen LogP) is 1.95. The van der Waals surface area contributed by atoms with Gasteiger partial charge in [-0.25, -0.2) is 0 Å². The van der Waals surface area contributed by atoms with Gasteiger partial charge in [-0.05, 0) is 30.4 Å². The van der Waals surface area contributed by atoms with Crippen LogP contribution in [-0.2, 0) is 24.4 Å². The smallest absolute Gasteiger partial charge is 0.225 e. The maximum Gasteiger partial charge on any atom is 0.225 e. The summed E-state index contributed by atoms with van der Waals surface area (Å²) in [5.41, 5.74) is 1.30. The van der Waals surface area contributed by atoms with Crippen LogP contribution < -0.4 is 0 Å². The molecule has 27 heavy (non-hydrogen) atoms. The molecule has 2 aliphatic rings. The maximum atomic E-state index is 12.3. The number of hydrogen-bond donors (Lipinski definition) is 1. The second kappa shape index (κ2) is 7.33. The highest BCUT2D eigenvalue weighted by Crippen LogP contribution is 2.34. The number of aliphatic hydroxyl groups excluding tert-OH is 1. The average molecular weight is 390 g/mol. The van der Waals surface area contributed by atoms with Crippen LogP contribution >= 0.6 is 11.3 Å². The van der Waals surface area contributed by atoms with Crippen LogP contribution in [0.1, 0.15) is 48.4 Å². The number of aromatic nitrogens is 3. The van der Waals surface area contributed by atoms with E-state index in [2.05, 4.69) is 38.0 Å². The number of aryl methyl sites for hydroxylation is 1. The number of amides is 1. The zero-order valence-corrected chi connectivity index (χ0v) is 16.9. The number of fused-ring (bicyclic) bond motifs is 1. The number of β-amino-alcohol motifs (C(OH)–C–C–N with tert-alkyl or cyclic N) is 1. The highest BCUT2D eigenvalue weighted by atomic mass is 32.1. The third-order valence-corrected chi connectivity index (χ3v) is 6.59. The van der Waals surface area contributed by atoms with E-state index in [1.54, 1.807) is 11.3 Å². The summed E-state index contributed by atoms with van der Waals surface area (Å²) >= 11 is 1.76. The van der Waals surface area contributed by atoms with Gasteiger partial charge in [-0.15, -0.1) is 21.5 Å². The van der Waals surface area contributed by atoms with Crippen LogP contribution in [0.15, 0.2) is 11.4 Å². The topological polar surface area (TPSA) is 74.5 Å². The lowest BCUT2D eigenvalue weighted by molar-refractivity contribution is -0.136. The van der Waals surface area contributed by atoms with Crippen molar-refractivity contribution >= 4 is 17.2 Å². The minimum atomic E-state index is -0.342. The first-order valence-electron chi connectivity index (χ1n) is 9.60. The number of thiophene rings is 1. The molecule has 8 heteroatoms. The number of aliphatic hydroxyl groups is 1. The number of nitrogens with zero attached hydrogens (tertiary/aromatic N) is 5. The molecule has 0 bridgehead atoms. The number of hydrogen-bond acceptors (Lipinski definition) is 6. The Balaban J connectivity index is 1.55. The van der Waals surface area contributed by atoms with Crippen LogP contribution in [0, 0.1) is 12.8 Å². The SMILES string of the molecule is Cc1ccsc1CN1C[C@@H](O)C[C@H]1c1nnc2n1CCN(C(=O)C(C)C)C2. The Morgan fingerprint density at radius 2 is 2.19 bits per heavy atom. The number of rotatable bonds is 4. The van der Waals surface area contributed by atoms with Crippen molar-refractivity contribution in [1.29, 1.82) is 0 Å². The molecule has 1 saturated heterocycles. The van der Waals surface area contributed by atoms with E-state index in [1.807, 2.05) is 18.7 Å². The van der Waals surface area contributed by atoms with E-state index in [0.29, 0.717) is 32.6 Å². The first-order chi connectivity index (χ1) is 12.9. The third-order valence-electron chi connectivity index (χ3n) is 5.58. The quantitative estimate of drug-likeness (QED) is 0.865. The van der Waals surface area contributed by atoms with E-state index < -0.39 is 0 Å².